The first-order valence-corrected chi connectivity index (χ1v) is 7.81. The summed E-state index contributed by atoms with van der Waals surface area (Å²) in [6, 6.07) is 1.91. The largest absolute Gasteiger partial charge is 0.350 e. The SMILES string of the molecule is CCC(C)(C)NC(=O)C(C)NCCCn1nc(C)cc1C. The van der Waals surface area contributed by atoms with Crippen molar-refractivity contribution in [3.63, 3.8) is 0 Å². The lowest BCUT2D eigenvalue weighted by atomic mass is 10.0. The summed E-state index contributed by atoms with van der Waals surface area (Å²) < 4.78 is 2.02. The normalized spacial score (nSPS) is 13.2. The van der Waals surface area contributed by atoms with Gasteiger partial charge in [-0.2, -0.15) is 5.10 Å². The van der Waals surface area contributed by atoms with Crippen LogP contribution in [-0.4, -0.2) is 33.8 Å². The Morgan fingerprint density at radius 1 is 1.43 bits per heavy atom. The molecule has 0 saturated heterocycles. The van der Waals surface area contributed by atoms with Gasteiger partial charge in [0.05, 0.1) is 11.7 Å². The summed E-state index contributed by atoms with van der Waals surface area (Å²) in [5, 5.41) is 10.8. The van der Waals surface area contributed by atoms with E-state index in [1.807, 2.05) is 32.4 Å². The molecule has 1 unspecified atom stereocenters. The third-order valence-electron chi connectivity index (χ3n) is 3.84. The predicted molar refractivity (Wildman–Crippen MR) is 86.3 cm³/mol. The van der Waals surface area contributed by atoms with Crippen LogP contribution in [-0.2, 0) is 11.3 Å². The predicted octanol–water partition coefficient (Wildman–Crippen LogP) is 2.17. The molecule has 1 atom stereocenters. The van der Waals surface area contributed by atoms with Gasteiger partial charge in [-0.1, -0.05) is 6.92 Å². The maximum Gasteiger partial charge on any atom is 0.237 e. The van der Waals surface area contributed by atoms with Crippen molar-refractivity contribution in [3.05, 3.63) is 17.5 Å². The minimum atomic E-state index is -0.170. The highest BCUT2D eigenvalue weighted by Crippen LogP contribution is 2.07. The van der Waals surface area contributed by atoms with Crippen LogP contribution in [0.2, 0.25) is 0 Å². The number of rotatable bonds is 8. The van der Waals surface area contributed by atoms with Crippen LogP contribution in [0.4, 0.5) is 0 Å². The Morgan fingerprint density at radius 2 is 2.10 bits per heavy atom. The minimum absolute atomic E-state index is 0.0629. The molecule has 0 aliphatic carbocycles. The number of nitrogens with zero attached hydrogens (tertiary/aromatic N) is 2. The molecule has 1 rings (SSSR count). The number of aryl methyl sites for hydroxylation is 3. The lowest BCUT2D eigenvalue weighted by Crippen LogP contribution is -2.50. The maximum atomic E-state index is 12.0. The lowest BCUT2D eigenvalue weighted by molar-refractivity contribution is -0.124. The Morgan fingerprint density at radius 3 is 2.62 bits per heavy atom. The van der Waals surface area contributed by atoms with Crippen molar-refractivity contribution in [2.75, 3.05) is 6.54 Å². The Labute approximate surface area is 128 Å². The number of hydrogen-bond donors (Lipinski definition) is 2. The zero-order chi connectivity index (χ0) is 16.0. The molecule has 0 bridgehead atoms. The number of hydrogen-bond acceptors (Lipinski definition) is 3. The van der Waals surface area contributed by atoms with Gasteiger partial charge in [0, 0.05) is 17.8 Å². The highest BCUT2D eigenvalue weighted by Gasteiger charge is 2.21. The Kier molecular flexibility index (Phi) is 6.40. The molecule has 0 aliphatic rings. The summed E-state index contributed by atoms with van der Waals surface area (Å²) >= 11 is 0. The van der Waals surface area contributed by atoms with E-state index in [1.54, 1.807) is 0 Å². The fourth-order valence-electron chi connectivity index (χ4n) is 2.07. The van der Waals surface area contributed by atoms with Gasteiger partial charge in [-0.15, -0.1) is 0 Å². The second-order valence-electron chi connectivity index (χ2n) is 6.41. The third-order valence-corrected chi connectivity index (χ3v) is 3.84. The molecule has 1 aromatic rings. The summed E-state index contributed by atoms with van der Waals surface area (Å²) in [6.45, 7) is 13.8. The summed E-state index contributed by atoms with van der Waals surface area (Å²) in [6.07, 6.45) is 1.88. The van der Waals surface area contributed by atoms with Crippen molar-refractivity contribution in [2.24, 2.45) is 0 Å². The molecule has 1 amide bonds. The van der Waals surface area contributed by atoms with Gasteiger partial charge in [-0.3, -0.25) is 9.48 Å². The summed E-state index contributed by atoms with van der Waals surface area (Å²) in [5.41, 5.74) is 2.09. The van der Waals surface area contributed by atoms with E-state index in [0.29, 0.717) is 0 Å². The van der Waals surface area contributed by atoms with Crippen LogP contribution in [0.15, 0.2) is 6.07 Å². The monoisotopic (exact) mass is 294 g/mol. The molecular formula is C16H30N4O. The third kappa shape index (κ3) is 5.87. The van der Waals surface area contributed by atoms with E-state index in [1.165, 1.54) is 5.69 Å². The highest BCUT2D eigenvalue weighted by atomic mass is 16.2. The van der Waals surface area contributed by atoms with Gasteiger partial charge in [-0.05, 0) is 60.1 Å². The van der Waals surface area contributed by atoms with Crippen molar-refractivity contribution in [1.82, 2.24) is 20.4 Å². The average Bonchev–Trinajstić information content (AvgIpc) is 2.72. The van der Waals surface area contributed by atoms with Crippen LogP contribution >= 0.6 is 0 Å². The molecule has 5 heteroatoms. The molecule has 0 saturated carbocycles. The van der Waals surface area contributed by atoms with Crippen LogP contribution in [0, 0.1) is 13.8 Å². The number of amides is 1. The topological polar surface area (TPSA) is 59.0 Å². The number of carbonyl (C=O) groups is 1. The van der Waals surface area contributed by atoms with Crippen LogP contribution in [0.1, 0.15) is 51.9 Å². The van der Waals surface area contributed by atoms with Crippen LogP contribution in [0.3, 0.4) is 0 Å². The van der Waals surface area contributed by atoms with Gasteiger partial charge in [-0.25, -0.2) is 0 Å². The molecule has 1 aromatic heterocycles. The molecule has 5 nitrogen and oxygen atoms in total. The van der Waals surface area contributed by atoms with E-state index < -0.39 is 0 Å². The van der Waals surface area contributed by atoms with Gasteiger partial charge < -0.3 is 10.6 Å². The van der Waals surface area contributed by atoms with Gasteiger partial charge in [0.1, 0.15) is 0 Å². The summed E-state index contributed by atoms with van der Waals surface area (Å²) in [5.74, 6) is 0.0629. The fraction of sp³-hybridized carbons (Fsp3) is 0.750. The number of carbonyl (C=O) groups excluding carboxylic acids is 1. The standard InChI is InChI=1S/C16H30N4O/c1-7-16(5,6)18-15(21)14(4)17-9-8-10-20-13(3)11-12(2)19-20/h11,14,17H,7-10H2,1-6H3,(H,18,21). The zero-order valence-corrected chi connectivity index (χ0v) is 14.3. The summed E-state index contributed by atoms with van der Waals surface area (Å²) in [4.78, 5) is 12.0. The van der Waals surface area contributed by atoms with Crippen molar-refractivity contribution >= 4 is 5.91 Å². The van der Waals surface area contributed by atoms with E-state index in [9.17, 15) is 4.79 Å². The number of nitrogens with one attached hydrogen (secondary N) is 2. The molecule has 0 aromatic carbocycles. The quantitative estimate of drug-likeness (QED) is 0.722. The Balaban J connectivity index is 2.29. The van der Waals surface area contributed by atoms with E-state index in [4.69, 9.17) is 0 Å². The van der Waals surface area contributed by atoms with Crippen molar-refractivity contribution in [3.8, 4) is 0 Å². The first-order valence-electron chi connectivity index (χ1n) is 7.81. The second-order valence-corrected chi connectivity index (χ2v) is 6.41. The lowest BCUT2D eigenvalue weighted by Gasteiger charge is -2.26. The number of aromatic nitrogens is 2. The van der Waals surface area contributed by atoms with Gasteiger partial charge in [0.15, 0.2) is 0 Å². The Bertz CT molecular complexity index is 465. The molecule has 0 spiro atoms. The molecule has 0 fully saturated rings. The Hall–Kier alpha value is -1.36. The molecule has 21 heavy (non-hydrogen) atoms. The van der Waals surface area contributed by atoms with Crippen molar-refractivity contribution in [2.45, 2.75) is 72.5 Å². The van der Waals surface area contributed by atoms with Gasteiger partial charge in [0.2, 0.25) is 5.91 Å². The maximum absolute atomic E-state index is 12.0. The smallest absolute Gasteiger partial charge is 0.237 e. The first kappa shape index (κ1) is 17.7. The van der Waals surface area contributed by atoms with E-state index in [0.717, 1.165) is 31.6 Å². The van der Waals surface area contributed by atoms with Gasteiger partial charge >= 0.3 is 0 Å². The van der Waals surface area contributed by atoms with E-state index in [2.05, 4.69) is 35.6 Å². The molecule has 0 aliphatic heterocycles. The average molecular weight is 294 g/mol. The zero-order valence-electron chi connectivity index (χ0n) is 14.3. The highest BCUT2D eigenvalue weighted by molar-refractivity contribution is 5.81. The van der Waals surface area contributed by atoms with Gasteiger partial charge in [0.25, 0.3) is 0 Å². The molecule has 2 N–H and O–H groups in total. The fourth-order valence-corrected chi connectivity index (χ4v) is 2.07. The minimum Gasteiger partial charge on any atom is -0.350 e. The second kappa shape index (κ2) is 7.59. The van der Waals surface area contributed by atoms with E-state index >= 15 is 0 Å². The van der Waals surface area contributed by atoms with Crippen molar-refractivity contribution in [1.29, 1.82) is 0 Å². The van der Waals surface area contributed by atoms with Crippen LogP contribution in [0.5, 0.6) is 0 Å². The molecule has 120 valence electrons. The molecular weight excluding hydrogens is 264 g/mol. The van der Waals surface area contributed by atoms with E-state index in [-0.39, 0.29) is 17.5 Å². The van der Waals surface area contributed by atoms with Crippen LogP contribution < -0.4 is 10.6 Å². The first-order chi connectivity index (χ1) is 9.75. The summed E-state index contributed by atoms with van der Waals surface area (Å²) in [7, 11) is 0. The van der Waals surface area contributed by atoms with Crippen molar-refractivity contribution < 1.29 is 4.79 Å². The molecule has 0 radical (unpaired) electrons. The molecule has 1 heterocycles. The van der Waals surface area contributed by atoms with Crippen LogP contribution in [0.25, 0.3) is 0 Å².